The first kappa shape index (κ1) is 32.9. The van der Waals surface area contributed by atoms with Crippen LogP contribution in [0, 0.1) is 22.7 Å². The van der Waals surface area contributed by atoms with E-state index in [9.17, 15) is 23.7 Å². The molecule has 0 atom stereocenters. The van der Waals surface area contributed by atoms with E-state index in [1.807, 2.05) is 47.0 Å². The van der Waals surface area contributed by atoms with E-state index in [0.29, 0.717) is 65.8 Å². The number of aromatic nitrogens is 2. The van der Waals surface area contributed by atoms with E-state index in [-0.39, 0.29) is 21.8 Å². The van der Waals surface area contributed by atoms with Gasteiger partial charge in [0.25, 0.3) is 10.0 Å². The molecule has 1 saturated heterocycles. The highest BCUT2D eigenvalue weighted by atomic mass is 32.2. The van der Waals surface area contributed by atoms with Gasteiger partial charge in [0.2, 0.25) is 0 Å². The molecule has 0 saturated carbocycles. The molecule has 1 N–H and O–H groups in total. The van der Waals surface area contributed by atoms with Crippen molar-refractivity contribution in [3.05, 3.63) is 143 Å². The second-order valence-electron chi connectivity index (χ2n) is 12.1. The number of para-hydroxylation sites is 1. The summed E-state index contributed by atoms with van der Waals surface area (Å²) in [7, 11) is -4.03. The molecule has 1 amide bonds. The number of piperazine rings is 1. The Morgan fingerprint density at radius 2 is 1.66 bits per heavy atom. The predicted molar refractivity (Wildman–Crippen MR) is 194 cm³/mol. The number of quaternary nitrogens is 1. The van der Waals surface area contributed by atoms with Gasteiger partial charge in [0.15, 0.2) is 5.69 Å². The summed E-state index contributed by atoms with van der Waals surface area (Å²) in [4.78, 5) is 19.5. The number of nitriles is 2. The first-order chi connectivity index (χ1) is 24.3. The minimum absolute atomic E-state index is 0.00683. The Hall–Kier alpha value is -5.63. The minimum Gasteiger partial charge on any atom is -0.328 e. The molecule has 1 aliphatic rings. The number of nitrogens with zero attached hydrogens (tertiary/aromatic N) is 6. The summed E-state index contributed by atoms with van der Waals surface area (Å²) in [5, 5.41) is 23.2. The first-order valence-electron chi connectivity index (χ1n) is 16.0. The zero-order valence-electron chi connectivity index (χ0n) is 26.9. The molecule has 7 rings (SSSR count). The number of sulfonamides is 1. The van der Waals surface area contributed by atoms with Gasteiger partial charge in [0.1, 0.15) is 29.6 Å². The number of anilines is 1. The monoisotopic (exact) mass is 698 g/mol. The molecule has 10 nitrogen and oxygen atoms in total. The molecule has 248 valence electrons. The average molecular weight is 699 g/mol. The number of carbonyl (C=O) groups is 1. The molecule has 0 spiro atoms. The topological polar surface area (TPSA) is 132 Å². The third-order valence-corrected chi connectivity index (χ3v) is 12.0. The fourth-order valence-electron chi connectivity index (χ4n) is 6.46. The normalized spacial score (nSPS) is 14.1. The maximum Gasteiger partial charge on any atom is 0.361 e. The summed E-state index contributed by atoms with van der Waals surface area (Å²) in [5.41, 5.74) is 3.80. The SMILES string of the molecule is N#Cc1ccc(Cn2cncc2CN(c2ccc3sc(C(=O)[N+]4(c5ccccc5C#N)CCNCC4)cc3c2)S(=O)(=O)c2ccccc2)cc1. The Morgan fingerprint density at radius 1 is 0.920 bits per heavy atom. The van der Waals surface area contributed by atoms with E-state index >= 15 is 0 Å². The summed E-state index contributed by atoms with van der Waals surface area (Å²) < 4.78 is 32.7. The second-order valence-corrected chi connectivity index (χ2v) is 15.0. The lowest BCUT2D eigenvalue weighted by molar-refractivity contribution is 0.0747. The van der Waals surface area contributed by atoms with Crippen LogP contribution in [0.4, 0.5) is 11.4 Å². The molecule has 6 aromatic rings. The molecule has 0 unspecified atom stereocenters. The first-order valence-corrected chi connectivity index (χ1v) is 18.3. The number of hydrogen-bond acceptors (Lipinski definition) is 8. The molecule has 12 heteroatoms. The maximum atomic E-state index is 14.5. The molecular formula is C38H32N7O3S2+. The maximum absolute atomic E-state index is 14.5. The van der Waals surface area contributed by atoms with Crippen LogP contribution in [0.15, 0.2) is 121 Å². The van der Waals surface area contributed by atoms with Crippen LogP contribution in [0.1, 0.15) is 32.1 Å². The van der Waals surface area contributed by atoms with Crippen LogP contribution < -0.4 is 14.1 Å². The zero-order chi connectivity index (χ0) is 34.7. The van der Waals surface area contributed by atoms with E-state index in [2.05, 4.69) is 22.4 Å². The van der Waals surface area contributed by atoms with Crippen molar-refractivity contribution in [2.75, 3.05) is 30.5 Å². The molecule has 0 bridgehead atoms. The number of fused-ring (bicyclic) bond motifs is 1. The van der Waals surface area contributed by atoms with Gasteiger partial charge in [-0.15, -0.1) is 11.3 Å². The Labute approximate surface area is 294 Å². The lowest BCUT2D eigenvalue weighted by Crippen LogP contribution is -2.63. The smallest absolute Gasteiger partial charge is 0.328 e. The highest BCUT2D eigenvalue weighted by Crippen LogP contribution is 2.37. The van der Waals surface area contributed by atoms with Crippen molar-refractivity contribution in [2.24, 2.45) is 0 Å². The van der Waals surface area contributed by atoms with Crippen LogP contribution in [0.2, 0.25) is 0 Å². The molecule has 1 aliphatic heterocycles. The third-order valence-electron chi connectivity index (χ3n) is 9.08. The second kappa shape index (κ2) is 13.7. The highest BCUT2D eigenvalue weighted by Gasteiger charge is 2.43. The summed E-state index contributed by atoms with van der Waals surface area (Å²) in [5.74, 6) is -0.0857. The quantitative estimate of drug-likeness (QED) is 0.182. The molecule has 0 aliphatic carbocycles. The fourth-order valence-corrected chi connectivity index (χ4v) is 8.96. The van der Waals surface area contributed by atoms with Crippen LogP contribution in [0.3, 0.4) is 0 Å². The number of nitrogens with one attached hydrogen (secondary N) is 1. The van der Waals surface area contributed by atoms with Gasteiger partial charge >= 0.3 is 5.91 Å². The van der Waals surface area contributed by atoms with E-state index in [1.54, 1.807) is 73.2 Å². The highest BCUT2D eigenvalue weighted by molar-refractivity contribution is 7.92. The third kappa shape index (κ3) is 6.17. The lowest BCUT2D eigenvalue weighted by atomic mass is 10.1. The van der Waals surface area contributed by atoms with Crippen molar-refractivity contribution in [2.45, 2.75) is 18.0 Å². The molecule has 3 heterocycles. The van der Waals surface area contributed by atoms with E-state index in [1.165, 1.54) is 15.6 Å². The van der Waals surface area contributed by atoms with Gasteiger partial charge < -0.3 is 9.88 Å². The molecule has 4 aromatic carbocycles. The van der Waals surface area contributed by atoms with Crippen LogP contribution >= 0.6 is 11.3 Å². The van der Waals surface area contributed by atoms with Gasteiger partial charge in [-0.3, -0.25) is 4.31 Å². The van der Waals surface area contributed by atoms with Crippen LogP contribution in [-0.2, 0) is 23.1 Å². The number of benzene rings is 4. The molecule has 1 fully saturated rings. The summed E-state index contributed by atoms with van der Waals surface area (Å²) in [6.45, 7) is 2.74. The van der Waals surface area contributed by atoms with Gasteiger partial charge in [-0.05, 0) is 65.5 Å². The summed E-state index contributed by atoms with van der Waals surface area (Å²) >= 11 is 1.37. The Morgan fingerprint density at radius 3 is 2.40 bits per heavy atom. The summed E-state index contributed by atoms with van der Waals surface area (Å²) in [6.07, 6.45) is 3.33. The van der Waals surface area contributed by atoms with E-state index in [4.69, 9.17) is 0 Å². The molecule has 0 radical (unpaired) electrons. The molecular weight excluding hydrogens is 667 g/mol. The van der Waals surface area contributed by atoms with Crippen molar-refractivity contribution >= 4 is 48.7 Å². The Bertz CT molecular complexity index is 2380. The molecule has 50 heavy (non-hydrogen) atoms. The van der Waals surface area contributed by atoms with Crippen molar-refractivity contribution in [1.82, 2.24) is 19.4 Å². The van der Waals surface area contributed by atoms with E-state index < -0.39 is 10.0 Å². The largest absolute Gasteiger partial charge is 0.361 e. The lowest BCUT2D eigenvalue weighted by Gasteiger charge is -2.38. The zero-order valence-corrected chi connectivity index (χ0v) is 28.6. The predicted octanol–water partition coefficient (Wildman–Crippen LogP) is 6.04. The fraction of sp³-hybridized carbons (Fsp3) is 0.158. The number of amides is 1. The van der Waals surface area contributed by atoms with Gasteiger partial charge in [0.05, 0.1) is 40.8 Å². The van der Waals surface area contributed by atoms with Crippen molar-refractivity contribution in [3.63, 3.8) is 0 Å². The van der Waals surface area contributed by atoms with Gasteiger partial charge in [-0.25, -0.2) is 22.7 Å². The number of rotatable bonds is 9. The number of thiophene rings is 1. The Kier molecular flexibility index (Phi) is 9.02. The van der Waals surface area contributed by atoms with Gasteiger partial charge in [0, 0.05) is 36.6 Å². The van der Waals surface area contributed by atoms with Gasteiger partial charge in [-0.2, -0.15) is 10.5 Å². The molecule has 2 aromatic heterocycles. The summed E-state index contributed by atoms with van der Waals surface area (Å²) in [6, 6.07) is 34.5. The van der Waals surface area contributed by atoms with Crippen molar-refractivity contribution in [1.29, 1.82) is 10.5 Å². The van der Waals surface area contributed by atoms with Crippen LogP contribution in [0.5, 0.6) is 0 Å². The number of hydrogen-bond donors (Lipinski definition) is 1. The number of carbonyl (C=O) groups excluding carboxylic acids is 1. The number of imidazole rings is 1. The van der Waals surface area contributed by atoms with Crippen molar-refractivity contribution in [3.8, 4) is 12.1 Å². The Balaban J connectivity index is 1.27. The minimum atomic E-state index is -4.03. The standard InChI is InChI=1S/C38H32N7O3S2/c39-22-28-10-12-29(13-11-28)25-43-27-42-24-33(43)26-44(50(47,48)34-7-2-1-3-8-34)32-14-15-36-31(20-32)21-37(49-36)38(46)45(18-16-41-17-19-45)35-9-5-4-6-30(35)23-40/h1-15,20-21,24,27,41H,16-19,25-26H2/q+1. The van der Waals surface area contributed by atoms with Crippen LogP contribution in [-0.4, -0.2) is 50.1 Å². The van der Waals surface area contributed by atoms with Crippen molar-refractivity contribution < 1.29 is 13.2 Å². The van der Waals surface area contributed by atoms with Crippen LogP contribution in [0.25, 0.3) is 10.1 Å². The van der Waals surface area contributed by atoms with Gasteiger partial charge in [-0.1, -0.05) is 42.5 Å². The average Bonchev–Trinajstić information content (AvgIpc) is 3.80. The van der Waals surface area contributed by atoms with E-state index in [0.717, 1.165) is 15.6 Å².